The van der Waals surface area contributed by atoms with Crippen LogP contribution in [-0.2, 0) is 0 Å². The van der Waals surface area contributed by atoms with E-state index in [1.807, 2.05) is 6.20 Å². The second-order valence-corrected chi connectivity index (χ2v) is 5.93. The van der Waals surface area contributed by atoms with Crippen molar-refractivity contribution in [3.05, 3.63) is 22.8 Å². The zero-order chi connectivity index (χ0) is 12.3. The van der Waals surface area contributed by atoms with E-state index in [0.717, 1.165) is 42.4 Å². The van der Waals surface area contributed by atoms with Gasteiger partial charge in [-0.1, -0.05) is 13.8 Å². The molecule has 3 nitrogen and oxygen atoms in total. The number of aromatic nitrogens is 1. The summed E-state index contributed by atoms with van der Waals surface area (Å²) >= 11 is 3.42. The highest BCUT2D eigenvalue weighted by Gasteiger charge is 2.18. The third kappa shape index (κ3) is 3.68. The van der Waals surface area contributed by atoms with Gasteiger partial charge in [0, 0.05) is 43.4 Å². The van der Waals surface area contributed by atoms with Gasteiger partial charge >= 0.3 is 0 Å². The van der Waals surface area contributed by atoms with Crippen LogP contribution in [0.2, 0.25) is 0 Å². The molecule has 1 aliphatic heterocycles. The smallest absolute Gasteiger partial charge is 0.128 e. The Morgan fingerprint density at radius 1 is 1.24 bits per heavy atom. The molecule has 2 rings (SSSR count). The van der Waals surface area contributed by atoms with Crippen molar-refractivity contribution in [3.63, 3.8) is 0 Å². The summed E-state index contributed by atoms with van der Waals surface area (Å²) in [6.07, 6.45) is 1.87. The number of pyridine rings is 1. The van der Waals surface area contributed by atoms with Gasteiger partial charge in [0.15, 0.2) is 0 Å². The SMILES string of the molecule is CC(C)CN1CCN(c2ccc(Br)cn2)CC1. The molecule has 0 atom stereocenters. The molecule has 1 saturated heterocycles. The third-order valence-electron chi connectivity index (χ3n) is 3.03. The van der Waals surface area contributed by atoms with E-state index in [2.05, 4.69) is 56.7 Å². The van der Waals surface area contributed by atoms with Gasteiger partial charge in [-0.3, -0.25) is 4.90 Å². The van der Waals surface area contributed by atoms with Crippen molar-refractivity contribution in [3.8, 4) is 0 Å². The first-order valence-corrected chi connectivity index (χ1v) is 7.03. The largest absolute Gasteiger partial charge is 0.354 e. The molecule has 0 bridgehead atoms. The average molecular weight is 298 g/mol. The van der Waals surface area contributed by atoms with Crippen molar-refractivity contribution in [1.29, 1.82) is 0 Å². The van der Waals surface area contributed by atoms with E-state index >= 15 is 0 Å². The summed E-state index contributed by atoms with van der Waals surface area (Å²) < 4.78 is 1.04. The summed E-state index contributed by atoms with van der Waals surface area (Å²) in [6, 6.07) is 4.14. The zero-order valence-corrected chi connectivity index (χ0v) is 12.2. The van der Waals surface area contributed by atoms with Crippen molar-refractivity contribution in [1.82, 2.24) is 9.88 Å². The first-order valence-electron chi connectivity index (χ1n) is 6.24. The summed E-state index contributed by atoms with van der Waals surface area (Å²) in [5.41, 5.74) is 0. The number of hydrogen-bond donors (Lipinski definition) is 0. The Bertz CT molecular complexity index is 342. The minimum Gasteiger partial charge on any atom is -0.354 e. The molecule has 0 N–H and O–H groups in total. The molecule has 4 heteroatoms. The van der Waals surface area contributed by atoms with Crippen LogP contribution in [0, 0.1) is 5.92 Å². The van der Waals surface area contributed by atoms with E-state index in [0.29, 0.717) is 0 Å². The molecule has 1 aromatic heterocycles. The standard InChI is InChI=1S/C13H20BrN3/c1-11(2)10-16-5-7-17(8-6-16)13-4-3-12(14)9-15-13/h3-4,9,11H,5-8,10H2,1-2H3. The van der Waals surface area contributed by atoms with Crippen molar-refractivity contribution in [2.75, 3.05) is 37.6 Å². The minimum atomic E-state index is 0.757. The van der Waals surface area contributed by atoms with E-state index in [4.69, 9.17) is 0 Å². The van der Waals surface area contributed by atoms with Crippen LogP contribution in [0.4, 0.5) is 5.82 Å². The number of rotatable bonds is 3. The molecule has 1 aliphatic rings. The number of halogens is 1. The summed E-state index contributed by atoms with van der Waals surface area (Å²) in [5, 5.41) is 0. The van der Waals surface area contributed by atoms with Crippen molar-refractivity contribution in [2.24, 2.45) is 5.92 Å². The van der Waals surface area contributed by atoms with Gasteiger partial charge in [-0.25, -0.2) is 4.98 Å². The molecule has 0 saturated carbocycles. The molecule has 0 aromatic carbocycles. The van der Waals surface area contributed by atoms with Gasteiger partial charge in [0.05, 0.1) is 0 Å². The number of nitrogens with zero attached hydrogens (tertiary/aromatic N) is 3. The fourth-order valence-corrected chi connectivity index (χ4v) is 2.47. The Hall–Kier alpha value is -0.610. The summed E-state index contributed by atoms with van der Waals surface area (Å²) in [4.78, 5) is 9.35. The molecule has 1 aromatic rings. The highest BCUT2D eigenvalue weighted by atomic mass is 79.9. The molecule has 0 aliphatic carbocycles. The Morgan fingerprint density at radius 2 is 1.94 bits per heavy atom. The maximum absolute atomic E-state index is 4.45. The summed E-state index contributed by atoms with van der Waals surface area (Å²) in [5.74, 6) is 1.85. The molecule has 2 heterocycles. The molecule has 0 spiro atoms. The van der Waals surface area contributed by atoms with Crippen molar-refractivity contribution in [2.45, 2.75) is 13.8 Å². The lowest BCUT2D eigenvalue weighted by Gasteiger charge is -2.36. The third-order valence-corrected chi connectivity index (χ3v) is 3.50. The quantitative estimate of drug-likeness (QED) is 0.855. The lowest BCUT2D eigenvalue weighted by molar-refractivity contribution is 0.231. The number of piperazine rings is 1. The molecular weight excluding hydrogens is 278 g/mol. The van der Waals surface area contributed by atoms with Gasteiger partial charge < -0.3 is 4.90 Å². The average Bonchev–Trinajstić information content (AvgIpc) is 2.30. The lowest BCUT2D eigenvalue weighted by Crippen LogP contribution is -2.47. The fourth-order valence-electron chi connectivity index (χ4n) is 2.23. The summed E-state index contributed by atoms with van der Waals surface area (Å²) in [6.45, 7) is 10.2. The molecule has 0 amide bonds. The van der Waals surface area contributed by atoms with Crippen LogP contribution in [0.15, 0.2) is 22.8 Å². The molecule has 17 heavy (non-hydrogen) atoms. The Kier molecular flexibility index (Phi) is 4.40. The van der Waals surface area contributed by atoms with Gasteiger partial charge in [-0.2, -0.15) is 0 Å². The van der Waals surface area contributed by atoms with E-state index < -0.39 is 0 Å². The van der Waals surface area contributed by atoms with E-state index in [-0.39, 0.29) is 0 Å². The monoisotopic (exact) mass is 297 g/mol. The van der Waals surface area contributed by atoms with Gasteiger partial charge in [-0.05, 0) is 34.0 Å². The Labute approximate surface area is 112 Å². The van der Waals surface area contributed by atoms with E-state index in [9.17, 15) is 0 Å². The van der Waals surface area contributed by atoms with Crippen molar-refractivity contribution >= 4 is 21.7 Å². The van der Waals surface area contributed by atoms with Crippen LogP contribution >= 0.6 is 15.9 Å². The minimum absolute atomic E-state index is 0.757. The zero-order valence-electron chi connectivity index (χ0n) is 10.6. The molecule has 0 unspecified atom stereocenters. The highest BCUT2D eigenvalue weighted by Crippen LogP contribution is 2.16. The van der Waals surface area contributed by atoms with Crippen LogP contribution in [0.5, 0.6) is 0 Å². The normalized spacial score (nSPS) is 17.8. The second kappa shape index (κ2) is 5.83. The lowest BCUT2D eigenvalue weighted by atomic mass is 10.2. The highest BCUT2D eigenvalue weighted by molar-refractivity contribution is 9.10. The topological polar surface area (TPSA) is 19.4 Å². The van der Waals surface area contributed by atoms with Crippen molar-refractivity contribution < 1.29 is 0 Å². The van der Waals surface area contributed by atoms with Gasteiger partial charge in [0.25, 0.3) is 0 Å². The van der Waals surface area contributed by atoms with Gasteiger partial charge in [0.2, 0.25) is 0 Å². The van der Waals surface area contributed by atoms with Crippen LogP contribution in [-0.4, -0.2) is 42.6 Å². The predicted molar refractivity (Wildman–Crippen MR) is 75.4 cm³/mol. The van der Waals surface area contributed by atoms with Crippen LogP contribution in [0.1, 0.15) is 13.8 Å². The fraction of sp³-hybridized carbons (Fsp3) is 0.615. The maximum Gasteiger partial charge on any atom is 0.128 e. The number of hydrogen-bond acceptors (Lipinski definition) is 3. The van der Waals surface area contributed by atoms with Crippen LogP contribution in [0.3, 0.4) is 0 Å². The van der Waals surface area contributed by atoms with Crippen LogP contribution in [0.25, 0.3) is 0 Å². The molecule has 94 valence electrons. The molecule has 1 fully saturated rings. The number of anilines is 1. The summed E-state index contributed by atoms with van der Waals surface area (Å²) in [7, 11) is 0. The molecule has 0 radical (unpaired) electrons. The Balaban J connectivity index is 1.88. The van der Waals surface area contributed by atoms with Gasteiger partial charge in [0.1, 0.15) is 5.82 Å². The Morgan fingerprint density at radius 3 is 2.47 bits per heavy atom. The maximum atomic E-state index is 4.45. The molecular formula is C13H20BrN3. The first kappa shape index (κ1) is 12.8. The predicted octanol–water partition coefficient (Wildman–Crippen LogP) is 2.62. The van der Waals surface area contributed by atoms with Gasteiger partial charge in [-0.15, -0.1) is 0 Å². The van der Waals surface area contributed by atoms with E-state index in [1.165, 1.54) is 6.54 Å². The first-order chi connectivity index (χ1) is 8.15. The van der Waals surface area contributed by atoms with E-state index in [1.54, 1.807) is 0 Å². The van der Waals surface area contributed by atoms with Crippen LogP contribution < -0.4 is 4.90 Å². The second-order valence-electron chi connectivity index (χ2n) is 5.02.